The van der Waals surface area contributed by atoms with Crippen LogP contribution in [0.15, 0.2) is 0 Å². The molecule has 46 valence electrons. The molecule has 0 rings (SSSR count). The van der Waals surface area contributed by atoms with Gasteiger partial charge >= 0.3 is 0 Å². The van der Waals surface area contributed by atoms with Gasteiger partial charge in [0, 0.05) is 5.88 Å². The fourth-order valence-electron chi connectivity index (χ4n) is 0.244. The van der Waals surface area contributed by atoms with Crippen LogP contribution >= 0.6 is 37.2 Å². The second-order valence-corrected chi connectivity index (χ2v) is 3.13. The van der Waals surface area contributed by atoms with Crippen molar-refractivity contribution in [3.63, 3.8) is 0 Å². The molecule has 0 heterocycles. The van der Waals surface area contributed by atoms with Crippen LogP contribution in [0.3, 0.4) is 0 Å². The fraction of sp³-hybridized carbons (Fsp3) is 1.00. The maximum Gasteiger partial charge on any atom is 0.0260 e. The van der Waals surface area contributed by atoms with E-state index in [1.165, 1.54) is 12.3 Å². The van der Waals surface area contributed by atoms with Crippen LogP contribution in [-0.4, -0.2) is 18.2 Å². The average Bonchev–Trinajstić information content (AvgIpc) is 1.61. The van der Waals surface area contributed by atoms with Crippen molar-refractivity contribution < 1.29 is 0 Å². The third-order valence-electron chi connectivity index (χ3n) is 0.521. The lowest BCUT2D eigenvalue weighted by Gasteiger charge is -1.85. The predicted octanol–water partition coefficient (Wildman–Crippen LogP) is 2.50. The molecule has 0 aliphatic heterocycles. The largest absolute Gasteiger partial charge is 0.126 e. The maximum absolute atomic E-state index is 5.39. The summed E-state index contributed by atoms with van der Waals surface area (Å²) in [7, 11) is 1.08. The molecule has 7 heavy (non-hydrogen) atoms. The first-order chi connectivity index (χ1) is 2.91. The minimum atomic E-state index is 0. The van der Waals surface area contributed by atoms with Crippen LogP contribution in [0.2, 0.25) is 0 Å². The van der Waals surface area contributed by atoms with Crippen molar-refractivity contribution in [1.29, 1.82) is 0 Å². The van der Waals surface area contributed by atoms with E-state index in [0.717, 1.165) is 14.5 Å². The molecule has 0 aromatic carbocycles. The monoisotopic (exact) mass is 204 g/mol. The predicted molar refractivity (Wildman–Crippen MR) is 44.8 cm³/mol. The van der Waals surface area contributed by atoms with Gasteiger partial charge in [0.1, 0.15) is 0 Å². The molecular weight excluding hydrogens is 194 g/mol. The Morgan fingerprint density at radius 3 is 2.29 bits per heavy atom. The van der Waals surface area contributed by atoms with Gasteiger partial charge in [-0.3, -0.25) is 0 Å². The van der Waals surface area contributed by atoms with E-state index >= 15 is 0 Å². The van der Waals surface area contributed by atoms with Gasteiger partial charge in [0.05, 0.1) is 0 Å². The van der Waals surface area contributed by atoms with Crippen LogP contribution in [0.5, 0.6) is 0 Å². The summed E-state index contributed by atoms with van der Waals surface area (Å²) in [5.74, 6) is 0.840. The first kappa shape index (κ1) is 11.1. The van der Waals surface area contributed by atoms with Gasteiger partial charge < -0.3 is 0 Å². The van der Waals surface area contributed by atoms with Gasteiger partial charge in [0.15, 0.2) is 0 Å². The summed E-state index contributed by atoms with van der Waals surface area (Å²) in [5, 5.41) is 0. The van der Waals surface area contributed by atoms with Gasteiger partial charge in [-0.25, -0.2) is 0 Å². The van der Waals surface area contributed by atoms with Crippen LogP contribution < -0.4 is 0 Å². The van der Waals surface area contributed by atoms with Crippen LogP contribution in [0.4, 0.5) is 0 Å². The molecular formula is C4H11BrClP. The molecule has 0 amide bonds. The van der Waals surface area contributed by atoms with Crippen LogP contribution in [0, 0.1) is 0 Å². The Morgan fingerprint density at radius 2 is 2.14 bits per heavy atom. The van der Waals surface area contributed by atoms with Crippen LogP contribution in [0.25, 0.3) is 0 Å². The van der Waals surface area contributed by atoms with Gasteiger partial charge in [0.2, 0.25) is 0 Å². The van der Waals surface area contributed by atoms with Crippen molar-refractivity contribution in [3.05, 3.63) is 0 Å². The third kappa shape index (κ3) is 11.0. The summed E-state index contributed by atoms with van der Waals surface area (Å²) < 4.78 is 0. The van der Waals surface area contributed by atoms with E-state index in [9.17, 15) is 0 Å². The lowest BCUT2D eigenvalue weighted by Crippen LogP contribution is -1.73. The Labute approximate surface area is 62.6 Å². The van der Waals surface area contributed by atoms with Crippen molar-refractivity contribution in [2.75, 3.05) is 18.2 Å². The first-order valence-corrected chi connectivity index (χ1v) is 4.13. The quantitative estimate of drug-likeness (QED) is 0.377. The molecule has 1 unspecified atom stereocenters. The summed E-state index contributed by atoms with van der Waals surface area (Å²) in [6, 6.07) is 0. The highest BCUT2D eigenvalue weighted by molar-refractivity contribution is 8.93. The van der Waals surface area contributed by atoms with Crippen molar-refractivity contribution in [2.45, 2.75) is 6.92 Å². The summed E-state index contributed by atoms with van der Waals surface area (Å²) in [4.78, 5) is 0. The lowest BCUT2D eigenvalue weighted by atomic mass is 10.9. The number of alkyl halides is 1. The fourth-order valence-corrected chi connectivity index (χ4v) is 1.13. The number of rotatable bonds is 3. The Kier molecular flexibility index (Phi) is 16.2. The minimum absolute atomic E-state index is 0. The van der Waals surface area contributed by atoms with E-state index in [1.807, 2.05) is 0 Å². The molecule has 0 radical (unpaired) electrons. The van der Waals surface area contributed by atoms with E-state index in [2.05, 4.69) is 6.92 Å². The Morgan fingerprint density at radius 1 is 1.57 bits per heavy atom. The molecule has 0 saturated heterocycles. The molecule has 0 aromatic heterocycles. The third-order valence-corrected chi connectivity index (χ3v) is 2.13. The summed E-state index contributed by atoms with van der Waals surface area (Å²) >= 11 is 5.39. The molecule has 0 N–H and O–H groups in total. The Bertz CT molecular complexity index is 23.7. The highest BCUT2D eigenvalue weighted by Gasteiger charge is 1.76. The average molecular weight is 205 g/mol. The normalized spacial score (nSPS) is 9.43. The van der Waals surface area contributed by atoms with Crippen molar-refractivity contribution in [2.24, 2.45) is 0 Å². The van der Waals surface area contributed by atoms with E-state index in [1.54, 1.807) is 0 Å². The number of halogens is 2. The molecule has 0 nitrogen and oxygen atoms in total. The Hall–Kier alpha value is 1.20. The second kappa shape index (κ2) is 10.2. The number of hydrogen-bond donors (Lipinski definition) is 0. The minimum Gasteiger partial charge on any atom is -0.126 e. The molecule has 0 spiro atoms. The molecule has 0 saturated carbocycles. The van der Waals surface area contributed by atoms with Crippen molar-refractivity contribution in [1.82, 2.24) is 0 Å². The van der Waals surface area contributed by atoms with Gasteiger partial charge in [-0.1, -0.05) is 6.92 Å². The number of hydrogen-bond acceptors (Lipinski definition) is 0. The summed E-state index contributed by atoms with van der Waals surface area (Å²) in [5.41, 5.74) is 0. The van der Waals surface area contributed by atoms with Crippen LogP contribution in [-0.2, 0) is 0 Å². The molecule has 0 aliphatic carbocycles. The van der Waals surface area contributed by atoms with Gasteiger partial charge in [-0.2, -0.15) is 0 Å². The van der Waals surface area contributed by atoms with Crippen LogP contribution in [0.1, 0.15) is 6.92 Å². The second-order valence-electron chi connectivity index (χ2n) is 1.04. The first-order valence-electron chi connectivity index (χ1n) is 2.18. The van der Waals surface area contributed by atoms with E-state index in [0.29, 0.717) is 0 Å². The molecule has 0 aliphatic rings. The van der Waals surface area contributed by atoms with Gasteiger partial charge in [-0.15, -0.1) is 37.2 Å². The van der Waals surface area contributed by atoms with Gasteiger partial charge in [-0.05, 0) is 12.3 Å². The maximum atomic E-state index is 5.39. The highest BCUT2D eigenvalue weighted by Crippen LogP contribution is 2.06. The van der Waals surface area contributed by atoms with E-state index in [-0.39, 0.29) is 17.0 Å². The zero-order valence-corrected chi connectivity index (χ0v) is 7.88. The molecule has 1 atom stereocenters. The SMILES string of the molecule is Br.CCPCCCl. The topological polar surface area (TPSA) is 0 Å². The van der Waals surface area contributed by atoms with E-state index < -0.39 is 0 Å². The highest BCUT2D eigenvalue weighted by atomic mass is 79.9. The molecule has 0 fully saturated rings. The molecule has 0 bridgehead atoms. The standard InChI is InChI=1S/C4H10ClP.BrH/c1-2-6-4-3-5;/h6H,2-4H2,1H3;1H. The zero-order valence-electron chi connectivity index (χ0n) is 4.41. The smallest absolute Gasteiger partial charge is 0.0260 e. The zero-order chi connectivity index (χ0) is 4.83. The molecule has 3 heteroatoms. The van der Waals surface area contributed by atoms with Crippen molar-refractivity contribution in [3.8, 4) is 0 Å². The van der Waals surface area contributed by atoms with Crippen molar-refractivity contribution >= 4 is 37.2 Å². The summed E-state index contributed by atoms with van der Waals surface area (Å²) in [6.07, 6.45) is 2.50. The lowest BCUT2D eigenvalue weighted by molar-refractivity contribution is 1.45. The van der Waals surface area contributed by atoms with Gasteiger partial charge in [0.25, 0.3) is 0 Å². The molecule has 0 aromatic rings. The van der Waals surface area contributed by atoms with E-state index in [4.69, 9.17) is 11.6 Å². The Balaban J connectivity index is 0. The summed E-state index contributed by atoms with van der Waals surface area (Å²) in [6.45, 7) is 2.19.